The summed E-state index contributed by atoms with van der Waals surface area (Å²) in [5, 5.41) is 11.7. The predicted molar refractivity (Wildman–Crippen MR) is 66.5 cm³/mol. The molecule has 2 rings (SSSR count). The number of benzene rings is 1. The second-order valence-electron chi connectivity index (χ2n) is 4.64. The van der Waals surface area contributed by atoms with Crippen molar-refractivity contribution in [2.75, 3.05) is 11.1 Å². The zero-order valence-corrected chi connectivity index (χ0v) is 10.4. The molecule has 90 valence electrons. The number of amides is 1. The Labute approximate surface area is 103 Å². The number of carboxylic acids is 1. The van der Waals surface area contributed by atoms with E-state index in [1.165, 1.54) is 6.07 Å². The summed E-state index contributed by atoms with van der Waals surface area (Å²) in [6.45, 7) is 3.75. The average Bonchev–Trinajstić information content (AvgIpc) is 2.36. The summed E-state index contributed by atoms with van der Waals surface area (Å²) in [4.78, 5) is 23.7. The van der Waals surface area contributed by atoms with Gasteiger partial charge in [0.15, 0.2) is 0 Å². The Hall–Kier alpha value is -1.49. The van der Waals surface area contributed by atoms with Crippen LogP contribution in [0.25, 0.3) is 0 Å². The maximum Gasteiger partial charge on any atom is 0.335 e. The standard InChI is InChI=1S/C12H13NO3S/c1-12(2)6-17-9-4-3-7(10(14)15)5-8(9)13-11(12)16/h3-5H,6H2,1-2H3,(H,13,16)(H,14,15). The molecule has 1 aliphatic rings. The van der Waals surface area contributed by atoms with Gasteiger partial charge in [-0.3, -0.25) is 4.79 Å². The lowest BCUT2D eigenvalue weighted by Gasteiger charge is -2.18. The number of rotatable bonds is 1. The van der Waals surface area contributed by atoms with E-state index in [0.717, 1.165) is 4.90 Å². The van der Waals surface area contributed by atoms with Gasteiger partial charge in [0.2, 0.25) is 5.91 Å². The molecule has 0 atom stereocenters. The normalized spacial score (nSPS) is 17.9. The highest BCUT2D eigenvalue weighted by Gasteiger charge is 2.31. The van der Waals surface area contributed by atoms with Crippen molar-refractivity contribution in [2.45, 2.75) is 18.7 Å². The van der Waals surface area contributed by atoms with Crippen LogP contribution in [0.15, 0.2) is 23.1 Å². The van der Waals surface area contributed by atoms with E-state index < -0.39 is 11.4 Å². The van der Waals surface area contributed by atoms with E-state index in [0.29, 0.717) is 11.4 Å². The summed E-state index contributed by atoms with van der Waals surface area (Å²) in [5.74, 6) is -0.389. The molecule has 0 spiro atoms. The molecule has 1 aliphatic heterocycles. The molecule has 1 aromatic rings. The van der Waals surface area contributed by atoms with Crippen LogP contribution in [-0.4, -0.2) is 22.7 Å². The molecule has 17 heavy (non-hydrogen) atoms. The Morgan fingerprint density at radius 3 is 2.82 bits per heavy atom. The Bertz CT molecular complexity index is 497. The number of fused-ring (bicyclic) bond motifs is 1. The maximum atomic E-state index is 11.9. The highest BCUT2D eigenvalue weighted by molar-refractivity contribution is 7.99. The topological polar surface area (TPSA) is 66.4 Å². The Morgan fingerprint density at radius 2 is 2.18 bits per heavy atom. The molecule has 0 bridgehead atoms. The monoisotopic (exact) mass is 251 g/mol. The minimum atomic E-state index is -0.990. The largest absolute Gasteiger partial charge is 0.478 e. The van der Waals surface area contributed by atoms with Crippen molar-refractivity contribution in [3.8, 4) is 0 Å². The number of carbonyl (C=O) groups is 2. The van der Waals surface area contributed by atoms with E-state index in [-0.39, 0.29) is 11.5 Å². The predicted octanol–water partition coefficient (Wildman–Crippen LogP) is 2.46. The number of thioether (sulfide) groups is 1. The lowest BCUT2D eigenvalue weighted by Crippen LogP contribution is -2.31. The smallest absolute Gasteiger partial charge is 0.335 e. The van der Waals surface area contributed by atoms with Crippen LogP contribution in [0.4, 0.5) is 5.69 Å². The summed E-state index contributed by atoms with van der Waals surface area (Å²) < 4.78 is 0. The first-order valence-electron chi connectivity index (χ1n) is 5.22. The number of hydrogen-bond acceptors (Lipinski definition) is 3. The van der Waals surface area contributed by atoms with Crippen LogP contribution >= 0.6 is 11.8 Å². The first kappa shape index (κ1) is 12.0. The van der Waals surface area contributed by atoms with Gasteiger partial charge in [0.25, 0.3) is 0 Å². The lowest BCUT2D eigenvalue weighted by atomic mass is 9.95. The Kier molecular flexibility index (Phi) is 2.87. The Balaban J connectivity index is 2.41. The van der Waals surface area contributed by atoms with Crippen LogP contribution in [0.5, 0.6) is 0 Å². The second kappa shape index (κ2) is 4.07. The summed E-state index contributed by atoms with van der Waals surface area (Å²) in [6, 6.07) is 4.80. The molecule has 5 heteroatoms. The first-order valence-corrected chi connectivity index (χ1v) is 6.20. The third-order valence-electron chi connectivity index (χ3n) is 2.68. The molecular weight excluding hydrogens is 238 g/mol. The van der Waals surface area contributed by atoms with Gasteiger partial charge in [-0.2, -0.15) is 0 Å². The van der Waals surface area contributed by atoms with E-state index in [2.05, 4.69) is 5.32 Å². The minimum Gasteiger partial charge on any atom is -0.478 e. The summed E-state index contributed by atoms with van der Waals surface area (Å²) in [6.07, 6.45) is 0. The van der Waals surface area contributed by atoms with Crippen LogP contribution in [0, 0.1) is 5.41 Å². The van der Waals surface area contributed by atoms with E-state index in [9.17, 15) is 9.59 Å². The van der Waals surface area contributed by atoms with Crippen molar-refractivity contribution in [1.29, 1.82) is 0 Å². The van der Waals surface area contributed by atoms with Crippen molar-refractivity contribution in [2.24, 2.45) is 5.41 Å². The number of nitrogens with one attached hydrogen (secondary N) is 1. The van der Waals surface area contributed by atoms with E-state index in [1.807, 2.05) is 13.8 Å². The molecule has 1 amide bonds. The fourth-order valence-corrected chi connectivity index (χ4v) is 2.58. The van der Waals surface area contributed by atoms with E-state index in [4.69, 9.17) is 5.11 Å². The van der Waals surface area contributed by atoms with Crippen LogP contribution in [-0.2, 0) is 4.79 Å². The molecular formula is C12H13NO3S. The quantitative estimate of drug-likeness (QED) is 0.804. The van der Waals surface area contributed by atoms with Crippen molar-refractivity contribution in [3.63, 3.8) is 0 Å². The van der Waals surface area contributed by atoms with E-state index in [1.54, 1.807) is 23.9 Å². The van der Waals surface area contributed by atoms with Crippen molar-refractivity contribution >= 4 is 29.3 Å². The number of carboxylic acid groups (broad SMARTS) is 1. The average molecular weight is 251 g/mol. The van der Waals surface area contributed by atoms with Gasteiger partial charge < -0.3 is 10.4 Å². The zero-order valence-electron chi connectivity index (χ0n) is 9.61. The number of carbonyl (C=O) groups excluding carboxylic acids is 1. The van der Waals surface area contributed by atoms with Crippen molar-refractivity contribution in [1.82, 2.24) is 0 Å². The maximum absolute atomic E-state index is 11.9. The first-order chi connectivity index (χ1) is 7.90. The third kappa shape index (κ3) is 2.29. The summed E-state index contributed by atoms with van der Waals surface area (Å²) in [7, 11) is 0. The Morgan fingerprint density at radius 1 is 1.47 bits per heavy atom. The van der Waals surface area contributed by atoms with Gasteiger partial charge in [-0.05, 0) is 18.2 Å². The van der Waals surface area contributed by atoms with Gasteiger partial charge in [-0.25, -0.2) is 4.79 Å². The lowest BCUT2D eigenvalue weighted by molar-refractivity contribution is -0.122. The summed E-state index contributed by atoms with van der Waals surface area (Å²) >= 11 is 1.56. The molecule has 0 unspecified atom stereocenters. The van der Waals surface area contributed by atoms with Gasteiger partial charge in [0.1, 0.15) is 0 Å². The fraction of sp³-hybridized carbons (Fsp3) is 0.333. The molecule has 0 fully saturated rings. The number of hydrogen-bond donors (Lipinski definition) is 2. The SMILES string of the molecule is CC1(C)CSc2ccc(C(=O)O)cc2NC1=O. The summed E-state index contributed by atoms with van der Waals surface area (Å²) in [5.41, 5.74) is 0.322. The minimum absolute atomic E-state index is 0.0775. The van der Waals surface area contributed by atoms with Gasteiger partial charge in [0.05, 0.1) is 16.7 Å². The third-order valence-corrected chi connectivity index (χ3v) is 4.21. The van der Waals surface area contributed by atoms with Crippen molar-refractivity contribution in [3.05, 3.63) is 23.8 Å². The van der Waals surface area contributed by atoms with Gasteiger partial charge >= 0.3 is 5.97 Å². The number of anilines is 1. The van der Waals surface area contributed by atoms with Crippen molar-refractivity contribution < 1.29 is 14.7 Å². The molecule has 4 nitrogen and oxygen atoms in total. The molecule has 2 N–H and O–H groups in total. The molecule has 0 aliphatic carbocycles. The van der Waals surface area contributed by atoms with Gasteiger partial charge in [-0.1, -0.05) is 13.8 Å². The molecule has 0 saturated heterocycles. The number of aromatic carboxylic acids is 1. The molecule has 0 radical (unpaired) electrons. The second-order valence-corrected chi connectivity index (χ2v) is 5.66. The molecule has 1 aromatic carbocycles. The van der Waals surface area contributed by atoms with Gasteiger partial charge in [-0.15, -0.1) is 11.8 Å². The van der Waals surface area contributed by atoms with Crippen LogP contribution in [0.2, 0.25) is 0 Å². The van der Waals surface area contributed by atoms with Crippen LogP contribution in [0.1, 0.15) is 24.2 Å². The van der Waals surface area contributed by atoms with Crippen LogP contribution in [0.3, 0.4) is 0 Å². The molecule has 0 aromatic heterocycles. The highest BCUT2D eigenvalue weighted by Crippen LogP contribution is 2.37. The zero-order chi connectivity index (χ0) is 12.6. The molecule has 1 heterocycles. The highest BCUT2D eigenvalue weighted by atomic mass is 32.2. The molecule has 0 saturated carbocycles. The van der Waals surface area contributed by atoms with Gasteiger partial charge in [0, 0.05) is 10.6 Å². The van der Waals surface area contributed by atoms with Crippen LogP contribution < -0.4 is 5.32 Å². The fourth-order valence-electron chi connectivity index (χ4n) is 1.50. The van der Waals surface area contributed by atoms with E-state index >= 15 is 0 Å².